The van der Waals surface area contributed by atoms with E-state index in [1.54, 1.807) is 49.0 Å². The third-order valence-corrected chi connectivity index (χ3v) is 6.38. The van der Waals surface area contributed by atoms with Gasteiger partial charge < -0.3 is 9.84 Å². The maximum absolute atomic E-state index is 13.3. The molecule has 2 aromatic carbocycles. The molecule has 1 N–H and O–H groups in total. The normalized spacial score (nSPS) is 14.8. The number of carboxylic acid groups (broad SMARTS) is 1. The highest BCUT2D eigenvalue weighted by molar-refractivity contribution is 8.27. The van der Waals surface area contributed by atoms with Crippen molar-refractivity contribution in [2.75, 3.05) is 11.5 Å². The van der Waals surface area contributed by atoms with Gasteiger partial charge in [0, 0.05) is 7.05 Å². The van der Waals surface area contributed by atoms with Gasteiger partial charge in [-0.3, -0.25) is 19.2 Å². The molecule has 33 heavy (non-hydrogen) atoms. The third-order valence-electron chi connectivity index (χ3n) is 5.08. The number of hydrogen-bond donors (Lipinski definition) is 1. The minimum atomic E-state index is -1.06. The van der Waals surface area contributed by atoms with Gasteiger partial charge in [0.1, 0.15) is 11.4 Å². The molecule has 4 rings (SSSR count). The number of aliphatic carboxylic acids is 1. The number of carbonyl (C=O) groups excluding carboxylic acids is 1. The maximum Gasteiger partial charge on any atom is 0.341 e. The Bertz CT molecular complexity index is 1340. The lowest BCUT2D eigenvalue weighted by Crippen LogP contribution is -2.33. The van der Waals surface area contributed by atoms with Crippen LogP contribution in [0.1, 0.15) is 11.3 Å². The number of benzene rings is 2. The summed E-state index contributed by atoms with van der Waals surface area (Å²) in [6, 6.07) is 15.8. The third kappa shape index (κ3) is 4.35. The average molecular weight is 482 g/mol. The van der Waals surface area contributed by atoms with Crippen molar-refractivity contribution in [3.63, 3.8) is 0 Å². The topological polar surface area (TPSA) is 93.8 Å². The minimum absolute atomic E-state index is 0.227. The summed E-state index contributed by atoms with van der Waals surface area (Å²) in [4.78, 5) is 38.8. The van der Waals surface area contributed by atoms with Gasteiger partial charge in [0.05, 0.1) is 16.3 Å². The molecule has 1 aliphatic heterocycles. The monoisotopic (exact) mass is 481 g/mol. The van der Waals surface area contributed by atoms with Gasteiger partial charge in [-0.1, -0.05) is 54.3 Å². The molecule has 168 valence electrons. The highest BCUT2D eigenvalue weighted by Crippen LogP contribution is 2.36. The lowest BCUT2D eigenvalue weighted by Gasteiger charge is -2.12. The second-order valence-corrected chi connectivity index (χ2v) is 8.85. The first-order valence-corrected chi connectivity index (χ1v) is 11.1. The van der Waals surface area contributed by atoms with Gasteiger partial charge in [-0.15, -0.1) is 0 Å². The molecule has 2 heterocycles. The highest BCUT2D eigenvalue weighted by Gasteiger charge is 2.37. The van der Waals surface area contributed by atoms with Crippen LogP contribution >= 0.6 is 24.0 Å². The van der Waals surface area contributed by atoms with Crippen LogP contribution in [0.15, 0.2) is 64.3 Å². The summed E-state index contributed by atoms with van der Waals surface area (Å²) in [5, 5.41) is 8.70. The molecule has 0 aliphatic carbocycles. The summed E-state index contributed by atoms with van der Waals surface area (Å²) in [7, 11) is 1.76. The Kier molecular flexibility index (Phi) is 6.21. The largest absolute Gasteiger partial charge is 0.482 e. The van der Waals surface area contributed by atoms with Crippen LogP contribution in [-0.4, -0.2) is 37.3 Å². The van der Waals surface area contributed by atoms with Crippen LogP contribution in [0, 0.1) is 6.92 Å². The molecular formula is C23H19N3O5S2. The van der Waals surface area contributed by atoms with Gasteiger partial charge >= 0.3 is 5.97 Å². The van der Waals surface area contributed by atoms with Crippen molar-refractivity contribution < 1.29 is 19.4 Å². The molecule has 0 spiro atoms. The van der Waals surface area contributed by atoms with Crippen LogP contribution in [-0.2, 0) is 16.6 Å². The molecule has 1 fully saturated rings. The Morgan fingerprint density at radius 2 is 1.79 bits per heavy atom. The molecule has 3 aromatic rings. The van der Waals surface area contributed by atoms with E-state index in [0.717, 1.165) is 11.8 Å². The second-order valence-electron chi connectivity index (χ2n) is 7.18. The number of carboxylic acids is 1. The van der Waals surface area contributed by atoms with Crippen LogP contribution in [0.2, 0.25) is 0 Å². The Morgan fingerprint density at radius 3 is 2.42 bits per heavy atom. The fourth-order valence-corrected chi connectivity index (χ4v) is 4.70. The van der Waals surface area contributed by atoms with Gasteiger partial charge in [0.25, 0.3) is 11.5 Å². The first-order chi connectivity index (χ1) is 15.8. The lowest BCUT2D eigenvalue weighted by atomic mass is 10.2. The molecule has 10 heteroatoms. The molecule has 1 aliphatic rings. The van der Waals surface area contributed by atoms with Crippen LogP contribution in [0.25, 0.3) is 11.8 Å². The fourth-order valence-electron chi connectivity index (χ4n) is 3.43. The number of thioether (sulfide) groups is 1. The van der Waals surface area contributed by atoms with Gasteiger partial charge in [0.15, 0.2) is 10.9 Å². The van der Waals surface area contributed by atoms with Crippen molar-refractivity contribution in [1.82, 2.24) is 9.36 Å². The molecule has 1 aromatic heterocycles. The first kappa shape index (κ1) is 22.6. The zero-order valence-electron chi connectivity index (χ0n) is 17.7. The first-order valence-electron chi connectivity index (χ1n) is 9.84. The smallest absolute Gasteiger partial charge is 0.341 e. The number of hydrogen-bond acceptors (Lipinski definition) is 6. The van der Waals surface area contributed by atoms with E-state index in [0.29, 0.717) is 27.6 Å². The van der Waals surface area contributed by atoms with Gasteiger partial charge in [-0.05, 0) is 42.8 Å². The van der Waals surface area contributed by atoms with Crippen LogP contribution in [0.5, 0.6) is 5.75 Å². The van der Waals surface area contributed by atoms with Crippen LogP contribution in [0.4, 0.5) is 5.69 Å². The van der Waals surface area contributed by atoms with E-state index in [1.807, 2.05) is 30.3 Å². The van der Waals surface area contributed by atoms with Crippen molar-refractivity contribution in [1.29, 1.82) is 0 Å². The summed E-state index contributed by atoms with van der Waals surface area (Å²) < 4.78 is 8.60. The second kappa shape index (κ2) is 9.08. The number of ether oxygens (including phenoxy) is 1. The van der Waals surface area contributed by atoms with Gasteiger partial charge in [-0.2, -0.15) is 0 Å². The van der Waals surface area contributed by atoms with E-state index in [1.165, 1.54) is 9.58 Å². The summed E-state index contributed by atoms with van der Waals surface area (Å²) in [6.45, 7) is 1.34. The fraction of sp³-hybridized carbons (Fsp3) is 0.130. The lowest BCUT2D eigenvalue weighted by molar-refractivity contribution is -0.139. The van der Waals surface area contributed by atoms with Gasteiger partial charge in [-0.25, -0.2) is 9.48 Å². The van der Waals surface area contributed by atoms with Crippen LogP contribution in [0.3, 0.4) is 0 Å². The molecule has 1 saturated heterocycles. The molecule has 0 saturated carbocycles. The van der Waals surface area contributed by atoms with E-state index >= 15 is 0 Å². The van der Waals surface area contributed by atoms with Crippen molar-refractivity contribution >= 4 is 51.9 Å². The Labute approximate surface area is 198 Å². The minimum Gasteiger partial charge on any atom is -0.482 e. The van der Waals surface area contributed by atoms with E-state index in [-0.39, 0.29) is 21.5 Å². The zero-order valence-corrected chi connectivity index (χ0v) is 19.4. The molecule has 0 radical (unpaired) electrons. The summed E-state index contributed by atoms with van der Waals surface area (Å²) in [6.07, 6.45) is 1.67. The van der Waals surface area contributed by atoms with E-state index in [2.05, 4.69) is 0 Å². The molecule has 0 atom stereocenters. The molecular weight excluding hydrogens is 462 g/mol. The molecule has 1 amide bonds. The van der Waals surface area contributed by atoms with E-state index in [9.17, 15) is 14.4 Å². The van der Waals surface area contributed by atoms with Gasteiger partial charge in [0.2, 0.25) is 0 Å². The number of carbonyl (C=O) groups is 2. The van der Waals surface area contributed by atoms with Crippen molar-refractivity contribution in [2.45, 2.75) is 6.92 Å². The van der Waals surface area contributed by atoms with Crippen molar-refractivity contribution in [2.24, 2.45) is 7.05 Å². The number of nitrogens with zero attached hydrogens (tertiary/aromatic N) is 3. The summed E-state index contributed by atoms with van der Waals surface area (Å²) in [5.74, 6) is -1.03. The predicted molar refractivity (Wildman–Crippen MR) is 131 cm³/mol. The Balaban J connectivity index is 1.65. The van der Waals surface area contributed by atoms with Crippen molar-refractivity contribution in [3.8, 4) is 11.4 Å². The standard InChI is InChI=1S/C23H19N3O5S2/c1-14-20(22(30)26(24(14)2)16-6-4-3-5-7-16)25-21(29)18(33-23(25)32)12-15-8-10-17(11-9-15)31-13-19(27)28/h3-12H,13H2,1-2H3,(H,27,28)/b18-12+. The number of aromatic nitrogens is 2. The Morgan fingerprint density at radius 1 is 1.12 bits per heavy atom. The quantitative estimate of drug-likeness (QED) is 0.426. The number of anilines is 1. The molecule has 0 unspecified atom stereocenters. The molecule has 0 bridgehead atoms. The molecule has 8 nitrogen and oxygen atoms in total. The zero-order chi connectivity index (χ0) is 23.7. The average Bonchev–Trinajstić information content (AvgIpc) is 3.18. The summed E-state index contributed by atoms with van der Waals surface area (Å²) in [5.41, 5.74) is 1.90. The Hall–Kier alpha value is -3.63. The number of para-hydroxylation sites is 1. The maximum atomic E-state index is 13.3. The highest BCUT2D eigenvalue weighted by atomic mass is 32.2. The van der Waals surface area contributed by atoms with Crippen molar-refractivity contribution in [3.05, 3.63) is 81.1 Å². The van der Waals surface area contributed by atoms with Crippen LogP contribution < -0.4 is 15.2 Å². The number of amides is 1. The SMILES string of the molecule is Cc1c(N2C(=O)/C(=C\c3ccc(OCC(=O)O)cc3)SC2=S)c(=O)n(-c2ccccc2)n1C. The summed E-state index contributed by atoms with van der Waals surface area (Å²) >= 11 is 6.58. The predicted octanol–water partition coefficient (Wildman–Crippen LogP) is 3.35. The van der Waals surface area contributed by atoms with E-state index in [4.69, 9.17) is 22.1 Å². The number of thiocarbonyl (C=S) groups is 1. The number of rotatable bonds is 6. The van der Waals surface area contributed by atoms with E-state index < -0.39 is 12.6 Å².